The van der Waals surface area contributed by atoms with Gasteiger partial charge in [0.25, 0.3) is 5.91 Å². The molecule has 0 unspecified atom stereocenters. The molecule has 0 aliphatic heterocycles. The maximum absolute atomic E-state index is 12.3. The lowest BCUT2D eigenvalue weighted by Crippen LogP contribution is -2.50. The van der Waals surface area contributed by atoms with E-state index in [-0.39, 0.29) is 11.4 Å². The van der Waals surface area contributed by atoms with Crippen molar-refractivity contribution < 1.29 is 4.79 Å². The van der Waals surface area contributed by atoms with Gasteiger partial charge in [0.2, 0.25) is 0 Å². The quantitative estimate of drug-likeness (QED) is 0.869. The van der Waals surface area contributed by atoms with Crippen LogP contribution in [0.3, 0.4) is 0 Å². The van der Waals surface area contributed by atoms with Gasteiger partial charge in [-0.05, 0) is 46.0 Å². The number of hydrogen-bond donors (Lipinski definition) is 1. The Bertz CT molecular complexity index is 476. The zero-order valence-electron chi connectivity index (χ0n) is 12.4. The van der Waals surface area contributed by atoms with Crippen LogP contribution in [0.1, 0.15) is 41.7 Å². The van der Waals surface area contributed by atoms with E-state index >= 15 is 0 Å². The van der Waals surface area contributed by atoms with Gasteiger partial charge >= 0.3 is 0 Å². The first-order valence-electron chi connectivity index (χ1n) is 7.03. The summed E-state index contributed by atoms with van der Waals surface area (Å²) in [4.78, 5) is 18.6. The zero-order chi connectivity index (χ0) is 14.8. The summed E-state index contributed by atoms with van der Waals surface area (Å²) in [5, 5.41) is 3.41. The molecule has 4 nitrogen and oxygen atoms in total. The van der Waals surface area contributed by atoms with Crippen molar-refractivity contribution in [3.8, 4) is 0 Å². The Kier molecular flexibility index (Phi) is 4.66. The van der Waals surface area contributed by atoms with Crippen molar-refractivity contribution >= 4 is 17.5 Å². The number of likely N-dealkylation sites (N-methyl/N-ethyl adjacent to an activating group) is 1. The Morgan fingerprint density at radius 3 is 2.60 bits per heavy atom. The number of nitrogens with zero attached hydrogens (tertiary/aromatic N) is 2. The summed E-state index contributed by atoms with van der Waals surface area (Å²) in [6.45, 7) is 2.51. The molecule has 1 saturated carbocycles. The van der Waals surface area contributed by atoms with E-state index in [1.165, 1.54) is 12.8 Å². The first-order valence-corrected chi connectivity index (χ1v) is 7.41. The summed E-state index contributed by atoms with van der Waals surface area (Å²) < 4.78 is 0. The second-order valence-electron chi connectivity index (χ2n) is 5.83. The number of aromatic nitrogens is 1. The van der Waals surface area contributed by atoms with Crippen molar-refractivity contribution in [2.24, 2.45) is 0 Å². The van der Waals surface area contributed by atoms with Crippen molar-refractivity contribution in [2.45, 2.75) is 38.1 Å². The van der Waals surface area contributed by atoms with Crippen LogP contribution in [-0.2, 0) is 0 Å². The minimum Gasteiger partial charge on any atom is -0.350 e. The Morgan fingerprint density at radius 1 is 1.40 bits per heavy atom. The van der Waals surface area contributed by atoms with Crippen molar-refractivity contribution in [3.05, 3.63) is 28.5 Å². The first-order chi connectivity index (χ1) is 9.43. The third kappa shape index (κ3) is 3.30. The van der Waals surface area contributed by atoms with Gasteiger partial charge in [-0.1, -0.05) is 24.4 Å². The number of hydrogen-bond acceptors (Lipinski definition) is 3. The van der Waals surface area contributed by atoms with Crippen LogP contribution in [0.2, 0.25) is 5.15 Å². The van der Waals surface area contributed by atoms with Crippen LogP contribution >= 0.6 is 11.6 Å². The van der Waals surface area contributed by atoms with E-state index in [0.29, 0.717) is 17.3 Å². The van der Waals surface area contributed by atoms with Crippen LogP contribution in [0.15, 0.2) is 12.1 Å². The lowest BCUT2D eigenvalue weighted by atomic mass is 9.96. The fourth-order valence-corrected chi connectivity index (χ4v) is 3.17. The molecule has 0 saturated heterocycles. The number of carbonyl (C=O) groups excluding carboxylic acids is 1. The molecule has 0 aromatic carbocycles. The van der Waals surface area contributed by atoms with Gasteiger partial charge in [-0.25, -0.2) is 4.98 Å². The van der Waals surface area contributed by atoms with Crippen LogP contribution < -0.4 is 5.32 Å². The third-order valence-corrected chi connectivity index (χ3v) is 4.44. The van der Waals surface area contributed by atoms with E-state index in [1.807, 2.05) is 6.92 Å². The molecular weight excluding hydrogens is 274 g/mol. The summed E-state index contributed by atoms with van der Waals surface area (Å²) in [7, 11) is 4.18. The van der Waals surface area contributed by atoms with E-state index in [1.54, 1.807) is 12.1 Å². The van der Waals surface area contributed by atoms with Crippen LogP contribution in [0, 0.1) is 6.92 Å². The van der Waals surface area contributed by atoms with Crippen LogP contribution in [-0.4, -0.2) is 42.0 Å². The van der Waals surface area contributed by atoms with Crippen molar-refractivity contribution in [1.82, 2.24) is 15.2 Å². The van der Waals surface area contributed by atoms with Gasteiger partial charge in [-0.2, -0.15) is 0 Å². The average Bonchev–Trinajstić information content (AvgIpc) is 2.84. The van der Waals surface area contributed by atoms with Crippen molar-refractivity contribution in [3.63, 3.8) is 0 Å². The number of rotatable bonds is 4. The molecule has 1 N–H and O–H groups in total. The first kappa shape index (κ1) is 15.3. The SMILES string of the molecule is Cc1cc(C(=O)NCC2(N(C)C)CCCC2)cc(Cl)n1. The van der Waals surface area contributed by atoms with E-state index in [0.717, 1.165) is 18.5 Å². The predicted molar refractivity (Wildman–Crippen MR) is 81.2 cm³/mol. The molecule has 5 heteroatoms. The molecular formula is C15H22ClN3O. The molecule has 1 heterocycles. The number of amides is 1. The molecule has 1 amide bonds. The Morgan fingerprint density at radius 2 is 2.05 bits per heavy atom. The maximum atomic E-state index is 12.3. The van der Waals surface area contributed by atoms with E-state index in [4.69, 9.17) is 11.6 Å². The molecule has 2 rings (SSSR count). The molecule has 1 aliphatic rings. The van der Waals surface area contributed by atoms with Crippen molar-refractivity contribution in [2.75, 3.05) is 20.6 Å². The molecule has 0 bridgehead atoms. The molecule has 0 radical (unpaired) electrons. The number of pyridine rings is 1. The lowest BCUT2D eigenvalue weighted by Gasteiger charge is -2.36. The summed E-state index contributed by atoms with van der Waals surface area (Å²) in [6, 6.07) is 3.37. The molecule has 110 valence electrons. The summed E-state index contributed by atoms with van der Waals surface area (Å²) in [6.07, 6.45) is 4.73. The normalized spacial score (nSPS) is 17.4. The molecule has 1 aromatic heterocycles. The molecule has 0 spiro atoms. The third-order valence-electron chi connectivity index (χ3n) is 4.25. The highest BCUT2D eigenvalue weighted by Gasteiger charge is 2.36. The Labute approximate surface area is 125 Å². The predicted octanol–water partition coefficient (Wildman–Crippen LogP) is 2.65. The van der Waals surface area contributed by atoms with E-state index in [2.05, 4.69) is 29.3 Å². The van der Waals surface area contributed by atoms with Crippen LogP contribution in [0.25, 0.3) is 0 Å². The molecule has 1 aliphatic carbocycles. The Hall–Kier alpha value is -1.13. The lowest BCUT2D eigenvalue weighted by molar-refractivity contribution is 0.0900. The number of carbonyl (C=O) groups is 1. The maximum Gasteiger partial charge on any atom is 0.251 e. The topological polar surface area (TPSA) is 45.2 Å². The summed E-state index contributed by atoms with van der Waals surface area (Å²) >= 11 is 5.90. The second kappa shape index (κ2) is 6.10. The number of nitrogens with one attached hydrogen (secondary N) is 1. The van der Waals surface area contributed by atoms with Crippen molar-refractivity contribution in [1.29, 1.82) is 0 Å². The summed E-state index contributed by atoms with van der Waals surface area (Å²) in [5.74, 6) is -0.0782. The van der Waals surface area contributed by atoms with Gasteiger partial charge in [0.1, 0.15) is 5.15 Å². The van der Waals surface area contributed by atoms with Gasteiger partial charge in [-0.3, -0.25) is 4.79 Å². The molecule has 20 heavy (non-hydrogen) atoms. The monoisotopic (exact) mass is 295 g/mol. The molecule has 1 fully saturated rings. The highest BCUT2D eigenvalue weighted by Crippen LogP contribution is 2.33. The standard InChI is InChI=1S/C15H22ClN3O/c1-11-8-12(9-13(16)18-11)14(20)17-10-15(19(2)3)6-4-5-7-15/h8-9H,4-7,10H2,1-3H3,(H,17,20). The molecule has 1 aromatic rings. The van der Waals surface area contributed by atoms with Gasteiger partial charge < -0.3 is 10.2 Å². The van der Waals surface area contributed by atoms with E-state index in [9.17, 15) is 4.79 Å². The number of aryl methyl sites for hydroxylation is 1. The fraction of sp³-hybridized carbons (Fsp3) is 0.600. The van der Waals surface area contributed by atoms with Gasteiger partial charge in [0.05, 0.1) is 0 Å². The highest BCUT2D eigenvalue weighted by molar-refractivity contribution is 6.29. The smallest absolute Gasteiger partial charge is 0.251 e. The van der Waals surface area contributed by atoms with Gasteiger partial charge in [0, 0.05) is 23.3 Å². The number of halogens is 1. The Balaban J connectivity index is 2.04. The van der Waals surface area contributed by atoms with Crippen LogP contribution in [0.5, 0.6) is 0 Å². The molecule has 0 atom stereocenters. The fourth-order valence-electron chi connectivity index (χ4n) is 2.92. The zero-order valence-corrected chi connectivity index (χ0v) is 13.1. The largest absolute Gasteiger partial charge is 0.350 e. The minimum absolute atomic E-state index is 0.0782. The van der Waals surface area contributed by atoms with Gasteiger partial charge in [0.15, 0.2) is 0 Å². The second-order valence-corrected chi connectivity index (χ2v) is 6.22. The average molecular weight is 296 g/mol. The highest BCUT2D eigenvalue weighted by atomic mass is 35.5. The van der Waals surface area contributed by atoms with Gasteiger partial charge in [-0.15, -0.1) is 0 Å². The van der Waals surface area contributed by atoms with E-state index < -0.39 is 0 Å². The summed E-state index contributed by atoms with van der Waals surface area (Å²) in [5.41, 5.74) is 1.43. The van der Waals surface area contributed by atoms with Crippen LogP contribution in [0.4, 0.5) is 0 Å². The minimum atomic E-state index is -0.0782.